The van der Waals surface area contributed by atoms with Crippen LogP contribution in [-0.4, -0.2) is 96.7 Å². The van der Waals surface area contributed by atoms with E-state index in [9.17, 15) is 43.2 Å². The molecule has 6 atom stereocenters. The highest BCUT2D eigenvalue weighted by Gasteiger charge is 2.30. The summed E-state index contributed by atoms with van der Waals surface area (Å²) < 4.78 is 68.3. The fourth-order valence-corrected chi connectivity index (χ4v) is 12.0. The molecular formula is C72H136O17P2. The van der Waals surface area contributed by atoms with E-state index in [1.807, 2.05) is 0 Å². The highest BCUT2D eigenvalue weighted by molar-refractivity contribution is 7.47. The minimum Gasteiger partial charge on any atom is -0.462 e. The van der Waals surface area contributed by atoms with Gasteiger partial charge >= 0.3 is 39.5 Å². The molecule has 0 radical (unpaired) electrons. The van der Waals surface area contributed by atoms with Crippen LogP contribution >= 0.6 is 15.6 Å². The second-order valence-corrected chi connectivity index (χ2v) is 28.4. The molecule has 0 aliphatic heterocycles. The number of phosphoric ester groups is 2. The number of phosphoric acid groups is 2. The molecule has 3 unspecified atom stereocenters. The van der Waals surface area contributed by atoms with Crippen LogP contribution in [0, 0.1) is 5.92 Å². The molecule has 536 valence electrons. The number of unbranched alkanes of at least 4 members (excludes halogenated alkanes) is 38. The lowest BCUT2D eigenvalue weighted by Gasteiger charge is -2.21. The number of aliphatic hydroxyl groups is 1. The number of aliphatic hydroxyl groups excluding tert-OH is 1. The van der Waals surface area contributed by atoms with E-state index in [0.29, 0.717) is 25.7 Å². The smallest absolute Gasteiger partial charge is 0.462 e. The number of carbonyl (C=O) groups is 4. The first-order valence-corrected chi connectivity index (χ1v) is 40.0. The van der Waals surface area contributed by atoms with Gasteiger partial charge in [-0.25, -0.2) is 9.13 Å². The summed E-state index contributed by atoms with van der Waals surface area (Å²) in [4.78, 5) is 72.6. The van der Waals surface area contributed by atoms with Crippen molar-refractivity contribution in [2.45, 2.75) is 368 Å². The zero-order chi connectivity index (χ0) is 67.0. The van der Waals surface area contributed by atoms with Crippen LogP contribution in [0.15, 0.2) is 24.3 Å². The van der Waals surface area contributed by atoms with Gasteiger partial charge in [-0.15, -0.1) is 0 Å². The van der Waals surface area contributed by atoms with Crippen LogP contribution in [0.25, 0.3) is 0 Å². The van der Waals surface area contributed by atoms with Crippen molar-refractivity contribution < 1.29 is 80.2 Å². The third-order valence-corrected chi connectivity index (χ3v) is 18.4. The van der Waals surface area contributed by atoms with Crippen LogP contribution in [0.4, 0.5) is 0 Å². The minimum absolute atomic E-state index is 0.0851. The number of hydrogen-bond donors (Lipinski definition) is 3. The highest BCUT2D eigenvalue weighted by Crippen LogP contribution is 2.45. The van der Waals surface area contributed by atoms with Crippen molar-refractivity contribution in [1.82, 2.24) is 0 Å². The zero-order valence-electron chi connectivity index (χ0n) is 58.5. The molecule has 17 nitrogen and oxygen atoms in total. The molecule has 0 fully saturated rings. The van der Waals surface area contributed by atoms with Gasteiger partial charge in [0.2, 0.25) is 0 Å². The molecular weight excluding hydrogens is 1200 g/mol. The van der Waals surface area contributed by atoms with E-state index in [1.54, 1.807) is 0 Å². The maximum atomic E-state index is 13.0. The third kappa shape index (κ3) is 64.6. The Morgan fingerprint density at radius 2 is 0.615 bits per heavy atom. The Kier molecular flexibility index (Phi) is 63.1. The largest absolute Gasteiger partial charge is 0.472 e. The fourth-order valence-electron chi connectivity index (χ4n) is 10.4. The Labute approximate surface area is 554 Å². The Balaban J connectivity index is 5.29. The third-order valence-electron chi connectivity index (χ3n) is 16.5. The SMILES string of the molecule is CCCCCC/C=C\C=C/CCCCCCCC(=O)O[C@H](COC(=O)CCCCCCCCCCCCC(C)CC)COP(=O)(O)OC[C@@H](O)COP(=O)(O)OC[C@@H](COC(=O)CCCCCCCCCCCC)OC(=O)CCCCCCCCCCCCCC. The van der Waals surface area contributed by atoms with Crippen molar-refractivity contribution >= 4 is 39.5 Å². The van der Waals surface area contributed by atoms with Crippen LogP contribution in [0.5, 0.6) is 0 Å². The molecule has 0 aliphatic rings. The lowest BCUT2D eigenvalue weighted by molar-refractivity contribution is -0.161. The Morgan fingerprint density at radius 1 is 0.352 bits per heavy atom. The molecule has 0 saturated carbocycles. The van der Waals surface area contributed by atoms with Gasteiger partial charge in [-0.2, -0.15) is 0 Å². The Bertz CT molecular complexity index is 1850. The highest BCUT2D eigenvalue weighted by atomic mass is 31.2. The van der Waals surface area contributed by atoms with E-state index >= 15 is 0 Å². The summed E-state index contributed by atoms with van der Waals surface area (Å²) in [7, 11) is -9.91. The topological polar surface area (TPSA) is 237 Å². The molecule has 0 saturated heterocycles. The summed E-state index contributed by atoms with van der Waals surface area (Å²) in [6.07, 6.45) is 54.7. The van der Waals surface area contributed by atoms with Crippen molar-refractivity contribution in [3.05, 3.63) is 24.3 Å². The van der Waals surface area contributed by atoms with Crippen molar-refractivity contribution in [3.8, 4) is 0 Å². The van der Waals surface area contributed by atoms with Crippen LogP contribution in [0.1, 0.15) is 349 Å². The monoisotopic (exact) mass is 1330 g/mol. The predicted molar refractivity (Wildman–Crippen MR) is 368 cm³/mol. The normalized spacial score (nSPS) is 14.5. The molecule has 0 aromatic heterocycles. The molecule has 0 spiro atoms. The van der Waals surface area contributed by atoms with Gasteiger partial charge in [-0.05, 0) is 57.3 Å². The molecule has 91 heavy (non-hydrogen) atoms. The Morgan fingerprint density at radius 3 is 0.934 bits per heavy atom. The second kappa shape index (κ2) is 64.9. The minimum atomic E-state index is -4.96. The number of esters is 4. The van der Waals surface area contributed by atoms with Crippen molar-refractivity contribution in [2.75, 3.05) is 39.6 Å². The van der Waals surface area contributed by atoms with Gasteiger partial charge in [0.1, 0.15) is 19.3 Å². The average Bonchev–Trinajstić information content (AvgIpc) is 3.50. The van der Waals surface area contributed by atoms with Crippen LogP contribution < -0.4 is 0 Å². The number of carbonyl (C=O) groups excluding carboxylic acids is 4. The maximum Gasteiger partial charge on any atom is 0.472 e. The van der Waals surface area contributed by atoms with Crippen LogP contribution in [0.3, 0.4) is 0 Å². The lowest BCUT2D eigenvalue weighted by atomic mass is 9.99. The summed E-state index contributed by atoms with van der Waals surface area (Å²) >= 11 is 0. The fraction of sp³-hybridized carbons (Fsp3) is 0.889. The van der Waals surface area contributed by atoms with Crippen molar-refractivity contribution in [2.24, 2.45) is 5.92 Å². The molecule has 3 N–H and O–H groups in total. The van der Waals surface area contributed by atoms with Gasteiger partial charge in [0.25, 0.3) is 0 Å². The summed E-state index contributed by atoms with van der Waals surface area (Å²) in [5.74, 6) is -1.34. The Hall–Kier alpha value is -2.46. The molecule has 0 aromatic rings. The first-order valence-electron chi connectivity index (χ1n) is 37.0. The van der Waals surface area contributed by atoms with E-state index in [1.165, 1.54) is 161 Å². The molecule has 0 aliphatic carbocycles. The first kappa shape index (κ1) is 88.5. The first-order chi connectivity index (χ1) is 44.1. The van der Waals surface area contributed by atoms with E-state index in [2.05, 4.69) is 58.9 Å². The zero-order valence-corrected chi connectivity index (χ0v) is 60.3. The maximum absolute atomic E-state index is 13.0. The predicted octanol–water partition coefficient (Wildman–Crippen LogP) is 20.5. The summed E-state index contributed by atoms with van der Waals surface area (Å²) in [5, 5.41) is 10.6. The van der Waals surface area contributed by atoms with Gasteiger partial charge in [0, 0.05) is 25.7 Å². The molecule has 0 amide bonds. The lowest BCUT2D eigenvalue weighted by Crippen LogP contribution is -2.30. The summed E-state index contributed by atoms with van der Waals surface area (Å²) in [6.45, 7) is 7.21. The number of ether oxygens (including phenoxy) is 4. The average molecular weight is 1340 g/mol. The molecule has 0 aromatic carbocycles. The van der Waals surface area contributed by atoms with Crippen LogP contribution in [-0.2, 0) is 65.4 Å². The standard InChI is InChI=1S/C72H136O17P2/c1-6-10-13-16-19-22-25-27-28-29-31-38-43-48-53-58-72(77)89-68(62-83-70(75)56-51-46-41-36-33-32-34-39-44-49-54-65(5)9-4)64-87-91(80,81)85-60-66(73)59-84-90(78,79)86-63-67(61-82-69(74)55-50-45-40-35-24-21-18-15-12-8-3)88-71(76)57-52-47-42-37-30-26-23-20-17-14-11-7-2/h22,25,27-28,65-68,73H,6-21,23-24,26,29-64H2,1-5H3,(H,78,79)(H,80,81)/b25-22-,28-27-/t65?,66-,67+,68+/m0/s1. The molecule has 0 heterocycles. The summed E-state index contributed by atoms with van der Waals surface area (Å²) in [6, 6.07) is 0. The molecule has 0 rings (SSSR count). The second-order valence-electron chi connectivity index (χ2n) is 25.5. The van der Waals surface area contributed by atoms with E-state index in [-0.39, 0.29) is 25.7 Å². The van der Waals surface area contributed by atoms with Crippen molar-refractivity contribution in [1.29, 1.82) is 0 Å². The van der Waals surface area contributed by atoms with E-state index in [0.717, 1.165) is 109 Å². The van der Waals surface area contributed by atoms with Crippen LogP contribution in [0.2, 0.25) is 0 Å². The van der Waals surface area contributed by atoms with Gasteiger partial charge < -0.3 is 33.8 Å². The summed E-state index contributed by atoms with van der Waals surface area (Å²) in [5.41, 5.74) is 0. The number of allylic oxidation sites excluding steroid dienone is 4. The van der Waals surface area contributed by atoms with E-state index < -0.39 is 97.5 Å². The van der Waals surface area contributed by atoms with Gasteiger partial charge in [-0.1, -0.05) is 296 Å². The molecule has 19 heteroatoms. The molecule has 0 bridgehead atoms. The van der Waals surface area contributed by atoms with Gasteiger partial charge in [0.15, 0.2) is 12.2 Å². The number of rotatable bonds is 70. The number of hydrogen-bond acceptors (Lipinski definition) is 15. The van der Waals surface area contributed by atoms with Gasteiger partial charge in [0.05, 0.1) is 26.4 Å². The van der Waals surface area contributed by atoms with E-state index in [4.69, 9.17) is 37.0 Å². The quantitative estimate of drug-likeness (QED) is 0.0169. The van der Waals surface area contributed by atoms with Crippen molar-refractivity contribution in [3.63, 3.8) is 0 Å². The van der Waals surface area contributed by atoms with Gasteiger partial charge in [-0.3, -0.25) is 37.3 Å².